The minimum atomic E-state index is -0.0931. The summed E-state index contributed by atoms with van der Waals surface area (Å²) in [5, 5.41) is 9.82. The van der Waals surface area contributed by atoms with Crippen LogP contribution in [0.5, 0.6) is 0 Å². The molecule has 1 aromatic carbocycles. The van der Waals surface area contributed by atoms with Crippen molar-refractivity contribution in [3.8, 4) is 0 Å². The topological polar surface area (TPSA) is 83.8 Å². The van der Waals surface area contributed by atoms with Crippen molar-refractivity contribution >= 4 is 27.5 Å². The SMILES string of the molecule is Cc1[nH]ncc1CCCNC(=O)c1cc(Br)cc(N)c1C. The number of hydrogen-bond acceptors (Lipinski definition) is 3. The first-order chi connectivity index (χ1) is 9.99. The van der Waals surface area contributed by atoms with Crippen LogP contribution in [-0.2, 0) is 6.42 Å². The third-order valence-electron chi connectivity index (χ3n) is 3.50. The fourth-order valence-electron chi connectivity index (χ4n) is 2.14. The van der Waals surface area contributed by atoms with Gasteiger partial charge in [-0.1, -0.05) is 15.9 Å². The fraction of sp³-hybridized carbons (Fsp3) is 0.333. The number of halogens is 1. The summed E-state index contributed by atoms with van der Waals surface area (Å²) in [5.74, 6) is -0.0931. The minimum Gasteiger partial charge on any atom is -0.398 e. The average molecular weight is 351 g/mol. The third-order valence-corrected chi connectivity index (χ3v) is 3.96. The van der Waals surface area contributed by atoms with Crippen LogP contribution in [0.3, 0.4) is 0 Å². The number of benzene rings is 1. The van der Waals surface area contributed by atoms with Crippen LogP contribution in [0.25, 0.3) is 0 Å². The molecule has 4 N–H and O–H groups in total. The van der Waals surface area contributed by atoms with Gasteiger partial charge < -0.3 is 11.1 Å². The lowest BCUT2D eigenvalue weighted by molar-refractivity contribution is 0.0952. The number of aromatic nitrogens is 2. The molecule has 1 amide bonds. The maximum atomic E-state index is 12.2. The molecule has 0 spiro atoms. The van der Waals surface area contributed by atoms with E-state index in [4.69, 9.17) is 5.73 Å². The number of nitrogen functional groups attached to an aromatic ring is 1. The second kappa shape index (κ2) is 6.76. The smallest absolute Gasteiger partial charge is 0.251 e. The van der Waals surface area contributed by atoms with Crippen LogP contribution in [0.15, 0.2) is 22.8 Å². The number of nitrogens with zero attached hydrogens (tertiary/aromatic N) is 1. The zero-order valence-corrected chi connectivity index (χ0v) is 13.8. The van der Waals surface area contributed by atoms with Crippen LogP contribution in [0.4, 0.5) is 5.69 Å². The highest BCUT2D eigenvalue weighted by Gasteiger charge is 2.11. The molecule has 0 saturated heterocycles. The van der Waals surface area contributed by atoms with E-state index in [1.165, 1.54) is 5.56 Å². The third kappa shape index (κ3) is 3.85. The number of H-pyrrole nitrogens is 1. The first-order valence-electron chi connectivity index (χ1n) is 6.81. The molecule has 0 unspecified atom stereocenters. The molecule has 0 aliphatic rings. The molecule has 1 heterocycles. The summed E-state index contributed by atoms with van der Waals surface area (Å²) in [6.07, 6.45) is 3.59. The van der Waals surface area contributed by atoms with E-state index in [2.05, 4.69) is 31.4 Å². The Morgan fingerprint density at radius 3 is 2.86 bits per heavy atom. The Labute approximate surface area is 132 Å². The van der Waals surface area contributed by atoms with E-state index in [0.717, 1.165) is 28.6 Å². The van der Waals surface area contributed by atoms with Crippen LogP contribution in [-0.4, -0.2) is 22.6 Å². The monoisotopic (exact) mass is 350 g/mol. The zero-order chi connectivity index (χ0) is 15.4. The normalized spacial score (nSPS) is 10.6. The van der Waals surface area contributed by atoms with Gasteiger partial charge in [0.15, 0.2) is 0 Å². The van der Waals surface area contributed by atoms with Gasteiger partial charge in [0.2, 0.25) is 0 Å². The predicted molar refractivity (Wildman–Crippen MR) is 87.3 cm³/mol. The second-order valence-corrected chi connectivity index (χ2v) is 5.96. The van der Waals surface area contributed by atoms with Gasteiger partial charge in [0, 0.05) is 28.0 Å². The predicted octanol–water partition coefficient (Wildman–Crippen LogP) is 2.73. The van der Waals surface area contributed by atoms with E-state index in [9.17, 15) is 4.79 Å². The molecule has 112 valence electrons. The lowest BCUT2D eigenvalue weighted by atomic mass is 10.1. The molecule has 0 bridgehead atoms. The summed E-state index contributed by atoms with van der Waals surface area (Å²) in [5.41, 5.74) is 10.2. The summed E-state index contributed by atoms with van der Waals surface area (Å²) in [6.45, 7) is 4.47. The molecule has 2 rings (SSSR count). The quantitative estimate of drug-likeness (QED) is 0.572. The van der Waals surface area contributed by atoms with Crippen molar-refractivity contribution in [2.45, 2.75) is 26.7 Å². The summed E-state index contributed by atoms with van der Waals surface area (Å²) >= 11 is 3.36. The first-order valence-corrected chi connectivity index (χ1v) is 7.61. The number of carbonyl (C=O) groups excluding carboxylic acids is 1. The Hall–Kier alpha value is -1.82. The number of aromatic amines is 1. The number of carbonyl (C=O) groups is 1. The van der Waals surface area contributed by atoms with E-state index in [-0.39, 0.29) is 5.91 Å². The summed E-state index contributed by atoms with van der Waals surface area (Å²) < 4.78 is 0.810. The summed E-state index contributed by atoms with van der Waals surface area (Å²) in [6, 6.07) is 3.59. The maximum Gasteiger partial charge on any atom is 0.251 e. The van der Waals surface area contributed by atoms with Crippen LogP contribution >= 0.6 is 15.9 Å². The van der Waals surface area contributed by atoms with Gasteiger partial charge in [-0.3, -0.25) is 9.89 Å². The standard InChI is InChI=1S/C15H19BrN4O/c1-9-13(6-12(16)7-14(9)17)15(21)18-5-3-4-11-8-19-20-10(11)2/h6-8H,3-5,17H2,1-2H3,(H,18,21)(H,19,20). The van der Waals surface area contributed by atoms with E-state index in [1.54, 1.807) is 12.1 Å². The number of anilines is 1. The molecule has 0 saturated carbocycles. The van der Waals surface area contributed by atoms with Gasteiger partial charge in [-0.05, 0) is 49.9 Å². The highest BCUT2D eigenvalue weighted by atomic mass is 79.9. The molecule has 0 radical (unpaired) electrons. The van der Waals surface area contributed by atoms with Gasteiger partial charge in [0.05, 0.1) is 6.20 Å². The minimum absolute atomic E-state index is 0.0931. The van der Waals surface area contributed by atoms with E-state index in [0.29, 0.717) is 17.8 Å². The Balaban J connectivity index is 1.89. The van der Waals surface area contributed by atoms with Crippen molar-refractivity contribution in [2.75, 3.05) is 12.3 Å². The molecule has 2 aromatic rings. The molecule has 21 heavy (non-hydrogen) atoms. The molecular formula is C15H19BrN4O. The Morgan fingerprint density at radius 2 is 2.19 bits per heavy atom. The van der Waals surface area contributed by atoms with E-state index in [1.807, 2.05) is 20.0 Å². The summed E-state index contributed by atoms with van der Waals surface area (Å²) in [7, 11) is 0. The maximum absolute atomic E-state index is 12.2. The number of hydrogen-bond donors (Lipinski definition) is 3. The molecule has 1 aromatic heterocycles. The lowest BCUT2D eigenvalue weighted by Crippen LogP contribution is -2.25. The molecule has 6 heteroatoms. The molecule has 0 aliphatic carbocycles. The van der Waals surface area contributed by atoms with Crippen LogP contribution in [0, 0.1) is 13.8 Å². The van der Waals surface area contributed by atoms with Gasteiger partial charge in [-0.15, -0.1) is 0 Å². The zero-order valence-electron chi connectivity index (χ0n) is 12.2. The average Bonchev–Trinajstić information content (AvgIpc) is 2.84. The molecular weight excluding hydrogens is 332 g/mol. The van der Waals surface area contributed by atoms with Crippen molar-refractivity contribution in [3.63, 3.8) is 0 Å². The van der Waals surface area contributed by atoms with Crippen molar-refractivity contribution in [2.24, 2.45) is 0 Å². The number of nitrogens with two attached hydrogens (primary N) is 1. The fourth-order valence-corrected chi connectivity index (χ4v) is 2.62. The lowest BCUT2D eigenvalue weighted by Gasteiger charge is -2.10. The highest BCUT2D eigenvalue weighted by molar-refractivity contribution is 9.10. The van der Waals surface area contributed by atoms with Gasteiger partial charge >= 0.3 is 0 Å². The molecule has 0 atom stereocenters. The van der Waals surface area contributed by atoms with Crippen LogP contribution in [0.1, 0.15) is 33.6 Å². The molecule has 5 nitrogen and oxygen atoms in total. The van der Waals surface area contributed by atoms with Crippen molar-refractivity contribution in [1.29, 1.82) is 0 Å². The van der Waals surface area contributed by atoms with E-state index >= 15 is 0 Å². The van der Waals surface area contributed by atoms with Gasteiger partial charge in [0.1, 0.15) is 0 Å². The Bertz CT molecular complexity index is 651. The first kappa shape index (κ1) is 15.6. The largest absolute Gasteiger partial charge is 0.398 e. The number of amides is 1. The molecule has 0 aliphatic heterocycles. The van der Waals surface area contributed by atoms with Gasteiger partial charge in [0.25, 0.3) is 5.91 Å². The van der Waals surface area contributed by atoms with Crippen molar-refractivity contribution in [3.05, 3.63) is 45.2 Å². The number of nitrogens with one attached hydrogen (secondary N) is 2. The van der Waals surface area contributed by atoms with Crippen molar-refractivity contribution < 1.29 is 4.79 Å². The van der Waals surface area contributed by atoms with Gasteiger partial charge in [-0.25, -0.2) is 0 Å². The summed E-state index contributed by atoms with van der Waals surface area (Å²) in [4.78, 5) is 12.2. The Morgan fingerprint density at radius 1 is 1.43 bits per heavy atom. The molecule has 0 fully saturated rings. The van der Waals surface area contributed by atoms with Gasteiger partial charge in [-0.2, -0.15) is 5.10 Å². The van der Waals surface area contributed by atoms with Crippen molar-refractivity contribution in [1.82, 2.24) is 15.5 Å². The number of rotatable bonds is 5. The number of aryl methyl sites for hydroxylation is 2. The van der Waals surface area contributed by atoms with Crippen LogP contribution < -0.4 is 11.1 Å². The van der Waals surface area contributed by atoms with Crippen LogP contribution in [0.2, 0.25) is 0 Å². The Kier molecular flexibility index (Phi) is 5.01. The van der Waals surface area contributed by atoms with E-state index < -0.39 is 0 Å². The highest BCUT2D eigenvalue weighted by Crippen LogP contribution is 2.22. The second-order valence-electron chi connectivity index (χ2n) is 5.05.